The summed E-state index contributed by atoms with van der Waals surface area (Å²) in [5.74, 6) is 4.63. The number of aryl methyl sites for hydroxylation is 2. The molecular weight excluding hydrogens is 380 g/mol. The number of hydrogen-bond acceptors (Lipinski definition) is 5. The molecule has 2 heterocycles. The van der Waals surface area contributed by atoms with E-state index in [9.17, 15) is 0 Å². The first-order valence-corrected chi connectivity index (χ1v) is 10.8. The lowest BCUT2D eigenvalue weighted by atomic mass is 10.1. The fourth-order valence-corrected chi connectivity index (χ4v) is 3.84. The van der Waals surface area contributed by atoms with Crippen LogP contribution in [-0.4, -0.2) is 48.5 Å². The zero-order valence-electron chi connectivity index (χ0n) is 18.6. The molecule has 1 unspecified atom stereocenters. The average molecular weight is 415 g/mol. The van der Waals surface area contributed by atoms with E-state index in [-0.39, 0.29) is 6.04 Å². The van der Waals surface area contributed by atoms with Crippen LogP contribution in [0.5, 0.6) is 11.5 Å². The molecule has 0 aliphatic carbocycles. The molecule has 3 rings (SSSR count). The van der Waals surface area contributed by atoms with Crippen LogP contribution in [0.1, 0.15) is 55.9 Å². The molecule has 0 radical (unpaired) electrons. The summed E-state index contributed by atoms with van der Waals surface area (Å²) in [7, 11) is 5.12. The molecule has 2 N–H and O–H groups in total. The largest absolute Gasteiger partial charge is 0.497 e. The molecule has 1 aromatic carbocycles. The molecule has 8 heteroatoms. The number of methoxy groups -OCH3 is 2. The van der Waals surface area contributed by atoms with E-state index >= 15 is 0 Å². The molecule has 0 saturated carbocycles. The molecule has 0 amide bonds. The summed E-state index contributed by atoms with van der Waals surface area (Å²) in [6.07, 6.45) is 6.65. The van der Waals surface area contributed by atoms with E-state index in [2.05, 4.69) is 37.3 Å². The molecule has 0 saturated heterocycles. The highest BCUT2D eigenvalue weighted by atomic mass is 16.5. The van der Waals surface area contributed by atoms with E-state index in [1.807, 2.05) is 18.2 Å². The van der Waals surface area contributed by atoms with Crippen molar-refractivity contribution in [2.45, 2.75) is 58.0 Å². The Morgan fingerprint density at radius 2 is 2.07 bits per heavy atom. The van der Waals surface area contributed by atoms with E-state index < -0.39 is 0 Å². The number of nitrogens with one attached hydrogen (secondary N) is 2. The number of fused-ring (bicyclic) bond motifs is 1. The predicted octanol–water partition coefficient (Wildman–Crippen LogP) is 2.88. The van der Waals surface area contributed by atoms with Gasteiger partial charge in [0, 0.05) is 38.5 Å². The van der Waals surface area contributed by atoms with E-state index in [0.717, 1.165) is 67.0 Å². The van der Waals surface area contributed by atoms with Gasteiger partial charge in [0.15, 0.2) is 5.96 Å². The third-order valence-electron chi connectivity index (χ3n) is 5.54. The highest BCUT2D eigenvalue weighted by Crippen LogP contribution is 2.29. The summed E-state index contributed by atoms with van der Waals surface area (Å²) in [6, 6.07) is 5.81. The van der Waals surface area contributed by atoms with Crippen molar-refractivity contribution in [3.8, 4) is 11.5 Å². The Kier molecular flexibility index (Phi) is 7.93. The van der Waals surface area contributed by atoms with Gasteiger partial charge in [-0.25, -0.2) is 0 Å². The van der Waals surface area contributed by atoms with Gasteiger partial charge in [0.25, 0.3) is 0 Å². The minimum atomic E-state index is 0.00788. The van der Waals surface area contributed by atoms with E-state index in [1.54, 1.807) is 21.3 Å². The quantitative estimate of drug-likeness (QED) is 0.392. The molecule has 2 aromatic rings. The third kappa shape index (κ3) is 5.43. The second-order valence-corrected chi connectivity index (χ2v) is 7.57. The lowest BCUT2D eigenvalue weighted by molar-refractivity contribution is 0.394. The minimum Gasteiger partial charge on any atom is -0.497 e. The maximum absolute atomic E-state index is 5.50. The van der Waals surface area contributed by atoms with Gasteiger partial charge < -0.3 is 24.7 Å². The second-order valence-electron chi connectivity index (χ2n) is 7.57. The standard InChI is InChI=1S/C22H34N6O2/c1-16(18-15-17(29-3)11-12-19(18)30-4)25-22(23-2)24-13-8-10-21-27-26-20-9-6-5-7-14-28(20)21/h11-12,15-16H,5-10,13-14H2,1-4H3,(H2,23,24,25). The number of hydrogen-bond donors (Lipinski definition) is 2. The first-order chi connectivity index (χ1) is 14.7. The highest BCUT2D eigenvalue weighted by molar-refractivity contribution is 5.80. The fraction of sp³-hybridized carbons (Fsp3) is 0.591. The molecule has 8 nitrogen and oxygen atoms in total. The van der Waals surface area contributed by atoms with Crippen LogP contribution in [-0.2, 0) is 19.4 Å². The Morgan fingerprint density at radius 3 is 2.83 bits per heavy atom. The van der Waals surface area contributed by atoms with Crippen molar-refractivity contribution < 1.29 is 9.47 Å². The van der Waals surface area contributed by atoms with Crippen LogP contribution >= 0.6 is 0 Å². The average Bonchev–Trinajstić information content (AvgIpc) is 3.00. The number of aromatic nitrogens is 3. The smallest absolute Gasteiger partial charge is 0.191 e. The molecule has 1 aliphatic rings. The summed E-state index contributed by atoms with van der Waals surface area (Å²) >= 11 is 0. The zero-order valence-corrected chi connectivity index (χ0v) is 18.6. The van der Waals surface area contributed by atoms with Crippen molar-refractivity contribution in [2.75, 3.05) is 27.8 Å². The van der Waals surface area contributed by atoms with Gasteiger partial charge in [-0.3, -0.25) is 4.99 Å². The van der Waals surface area contributed by atoms with Gasteiger partial charge >= 0.3 is 0 Å². The van der Waals surface area contributed by atoms with Crippen molar-refractivity contribution >= 4 is 5.96 Å². The van der Waals surface area contributed by atoms with Crippen molar-refractivity contribution in [2.24, 2.45) is 4.99 Å². The van der Waals surface area contributed by atoms with Gasteiger partial charge in [-0.05, 0) is 44.4 Å². The molecule has 0 spiro atoms. The third-order valence-corrected chi connectivity index (χ3v) is 5.54. The lowest BCUT2D eigenvalue weighted by Gasteiger charge is -2.21. The fourth-order valence-electron chi connectivity index (χ4n) is 3.84. The van der Waals surface area contributed by atoms with Gasteiger partial charge in [0.05, 0.1) is 20.3 Å². The number of guanidine groups is 1. The Balaban J connectivity index is 1.51. The maximum Gasteiger partial charge on any atom is 0.191 e. The first kappa shape index (κ1) is 21.9. The van der Waals surface area contributed by atoms with Crippen molar-refractivity contribution in [3.05, 3.63) is 35.4 Å². The second kappa shape index (κ2) is 10.8. The molecule has 1 atom stereocenters. The summed E-state index contributed by atoms with van der Waals surface area (Å²) in [4.78, 5) is 4.36. The molecule has 30 heavy (non-hydrogen) atoms. The maximum atomic E-state index is 5.50. The number of ether oxygens (including phenoxy) is 2. The van der Waals surface area contributed by atoms with E-state index in [0.29, 0.717) is 0 Å². The van der Waals surface area contributed by atoms with Crippen LogP contribution in [0.3, 0.4) is 0 Å². The van der Waals surface area contributed by atoms with Crippen LogP contribution in [0.15, 0.2) is 23.2 Å². The topological polar surface area (TPSA) is 85.6 Å². The van der Waals surface area contributed by atoms with Gasteiger partial charge in [0.2, 0.25) is 0 Å². The molecular formula is C22H34N6O2. The first-order valence-electron chi connectivity index (χ1n) is 10.8. The van der Waals surface area contributed by atoms with E-state index in [1.165, 1.54) is 19.3 Å². The zero-order chi connectivity index (χ0) is 21.3. The molecule has 0 fully saturated rings. The Labute approximate surface area is 179 Å². The molecule has 1 aliphatic heterocycles. The van der Waals surface area contributed by atoms with Crippen molar-refractivity contribution in [1.29, 1.82) is 0 Å². The minimum absolute atomic E-state index is 0.00788. The summed E-state index contributed by atoms with van der Waals surface area (Å²) in [5.41, 5.74) is 1.02. The van der Waals surface area contributed by atoms with E-state index in [4.69, 9.17) is 9.47 Å². The van der Waals surface area contributed by atoms with Gasteiger partial charge in [0.1, 0.15) is 23.1 Å². The summed E-state index contributed by atoms with van der Waals surface area (Å²) in [5, 5.41) is 15.6. The number of rotatable bonds is 8. The monoisotopic (exact) mass is 414 g/mol. The van der Waals surface area contributed by atoms with Crippen LogP contribution in [0.2, 0.25) is 0 Å². The number of nitrogens with zero attached hydrogens (tertiary/aromatic N) is 4. The van der Waals surface area contributed by atoms with Crippen LogP contribution in [0.25, 0.3) is 0 Å². The summed E-state index contributed by atoms with van der Waals surface area (Å²) in [6.45, 7) is 3.94. The van der Waals surface area contributed by atoms with Gasteiger partial charge in [-0.15, -0.1) is 10.2 Å². The molecule has 1 aromatic heterocycles. The SMILES string of the molecule is CN=C(NCCCc1nnc2n1CCCCC2)NC(C)c1cc(OC)ccc1OC. The van der Waals surface area contributed by atoms with Crippen molar-refractivity contribution in [1.82, 2.24) is 25.4 Å². The van der Waals surface area contributed by atoms with Crippen molar-refractivity contribution in [3.63, 3.8) is 0 Å². The van der Waals surface area contributed by atoms with Crippen LogP contribution < -0.4 is 20.1 Å². The van der Waals surface area contributed by atoms with Gasteiger partial charge in [-0.1, -0.05) is 6.42 Å². The van der Waals surface area contributed by atoms with Crippen LogP contribution in [0.4, 0.5) is 0 Å². The normalized spacial score (nSPS) is 15.1. The number of benzene rings is 1. The highest BCUT2D eigenvalue weighted by Gasteiger charge is 2.16. The molecule has 0 bridgehead atoms. The Hall–Kier alpha value is -2.77. The van der Waals surface area contributed by atoms with Crippen LogP contribution in [0, 0.1) is 0 Å². The molecule has 164 valence electrons. The Morgan fingerprint density at radius 1 is 1.20 bits per heavy atom. The lowest BCUT2D eigenvalue weighted by Crippen LogP contribution is -2.39. The number of aliphatic imine (C=N–C) groups is 1. The predicted molar refractivity (Wildman–Crippen MR) is 118 cm³/mol. The Bertz CT molecular complexity index is 848. The summed E-state index contributed by atoms with van der Waals surface area (Å²) < 4.78 is 13.2. The van der Waals surface area contributed by atoms with Gasteiger partial charge in [-0.2, -0.15) is 0 Å².